The van der Waals surface area contributed by atoms with Crippen LogP contribution in [0.4, 0.5) is 5.82 Å². The fraction of sp³-hybridized carbons (Fsp3) is 0.400. The molecule has 4 nitrogen and oxygen atoms in total. The van der Waals surface area contributed by atoms with E-state index in [1.165, 1.54) is 21.4 Å². The molecule has 0 unspecified atom stereocenters. The van der Waals surface area contributed by atoms with Crippen LogP contribution in [0.3, 0.4) is 0 Å². The van der Waals surface area contributed by atoms with Gasteiger partial charge in [0.2, 0.25) is 0 Å². The number of hydrogen-bond donors (Lipinski definition) is 0. The number of thiophene rings is 1. The number of hydrogen-bond acceptors (Lipinski definition) is 6. The molecule has 0 spiro atoms. The predicted octanol–water partition coefficient (Wildman–Crippen LogP) is 4.35. The summed E-state index contributed by atoms with van der Waals surface area (Å²) in [6, 6.07) is 10.7. The van der Waals surface area contributed by atoms with Crippen LogP contribution in [0.5, 0.6) is 0 Å². The quantitative estimate of drug-likeness (QED) is 0.493. The Morgan fingerprint density at radius 2 is 1.77 bits per heavy atom. The van der Waals surface area contributed by atoms with Gasteiger partial charge in [-0.25, -0.2) is 9.97 Å². The van der Waals surface area contributed by atoms with E-state index in [1.807, 2.05) is 0 Å². The van der Waals surface area contributed by atoms with E-state index < -0.39 is 0 Å². The van der Waals surface area contributed by atoms with Crippen LogP contribution in [0, 0.1) is 13.8 Å². The Morgan fingerprint density at radius 3 is 2.46 bits per heavy atom. The molecule has 0 saturated carbocycles. The van der Waals surface area contributed by atoms with E-state index in [9.17, 15) is 0 Å². The first-order chi connectivity index (χ1) is 12.7. The highest BCUT2D eigenvalue weighted by Crippen LogP contribution is 2.36. The molecule has 3 aromatic rings. The molecule has 0 N–H and O–H groups in total. The Kier molecular flexibility index (Phi) is 5.16. The molecule has 0 aliphatic carbocycles. The van der Waals surface area contributed by atoms with Gasteiger partial charge in [-0.05, 0) is 31.2 Å². The number of aromatic nitrogens is 2. The average molecular weight is 385 g/mol. The lowest BCUT2D eigenvalue weighted by Crippen LogP contribution is -2.46. The van der Waals surface area contributed by atoms with Gasteiger partial charge < -0.3 is 4.90 Å². The van der Waals surface area contributed by atoms with Crippen molar-refractivity contribution in [3.63, 3.8) is 0 Å². The number of aryl methyl sites for hydroxylation is 2. The van der Waals surface area contributed by atoms with Gasteiger partial charge in [-0.2, -0.15) is 0 Å². The minimum absolute atomic E-state index is 0.875. The van der Waals surface area contributed by atoms with E-state index in [4.69, 9.17) is 9.97 Å². The van der Waals surface area contributed by atoms with Gasteiger partial charge in [0.1, 0.15) is 10.6 Å². The Labute approximate surface area is 163 Å². The Bertz CT molecular complexity index is 899. The highest BCUT2D eigenvalue weighted by Gasteiger charge is 2.23. The van der Waals surface area contributed by atoms with E-state index in [2.05, 4.69) is 60.2 Å². The lowest BCUT2D eigenvalue weighted by molar-refractivity contribution is 0.249. The number of thioether (sulfide) groups is 1. The van der Waals surface area contributed by atoms with Crippen molar-refractivity contribution >= 4 is 39.1 Å². The Morgan fingerprint density at radius 1 is 1.04 bits per heavy atom. The van der Waals surface area contributed by atoms with Crippen LogP contribution in [0.15, 0.2) is 35.5 Å². The minimum atomic E-state index is 0.875. The number of piperazine rings is 1. The van der Waals surface area contributed by atoms with Crippen molar-refractivity contribution < 1.29 is 0 Å². The number of anilines is 1. The van der Waals surface area contributed by atoms with Crippen molar-refractivity contribution in [3.05, 3.63) is 46.3 Å². The standard InChI is InChI=1S/C20H24N4S2/c1-14-15(2)26-19-17(14)18(21-20(22-19)25-3)24-11-9-23(10-12-24)13-16-7-5-4-6-8-16/h4-8H,9-13H2,1-3H3. The van der Waals surface area contributed by atoms with Gasteiger partial charge in [-0.1, -0.05) is 42.1 Å². The number of nitrogens with zero attached hydrogens (tertiary/aromatic N) is 4. The zero-order valence-electron chi connectivity index (χ0n) is 15.5. The van der Waals surface area contributed by atoms with Gasteiger partial charge >= 0.3 is 0 Å². The normalized spacial score (nSPS) is 15.7. The number of fused-ring (bicyclic) bond motifs is 1. The van der Waals surface area contributed by atoms with E-state index in [1.54, 1.807) is 23.1 Å². The van der Waals surface area contributed by atoms with Gasteiger partial charge in [-0.15, -0.1) is 11.3 Å². The van der Waals surface area contributed by atoms with E-state index in [-0.39, 0.29) is 0 Å². The first-order valence-electron chi connectivity index (χ1n) is 8.98. The summed E-state index contributed by atoms with van der Waals surface area (Å²) in [5, 5.41) is 2.13. The van der Waals surface area contributed by atoms with Crippen LogP contribution >= 0.6 is 23.1 Å². The number of rotatable bonds is 4. The van der Waals surface area contributed by atoms with Crippen molar-refractivity contribution in [1.29, 1.82) is 0 Å². The highest BCUT2D eigenvalue weighted by atomic mass is 32.2. The molecule has 4 rings (SSSR count). The second-order valence-corrected chi connectivity index (χ2v) is 8.72. The molecule has 1 aliphatic rings. The molecule has 0 amide bonds. The molecule has 0 atom stereocenters. The third-order valence-electron chi connectivity index (χ3n) is 5.09. The van der Waals surface area contributed by atoms with Crippen molar-refractivity contribution in [3.8, 4) is 0 Å². The van der Waals surface area contributed by atoms with Crippen molar-refractivity contribution in [1.82, 2.24) is 14.9 Å². The van der Waals surface area contributed by atoms with Crippen molar-refractivity contribution in [2.75, 3.05) is 37.3 Å². The van der Waals surface area contributed by atoms with Crippen LogP contribution < -0.4 is 4.90 Å². The summed E-state index contributed by atoms with van der Waals surface area (Å²) in [5.41, 5.74) is 2.72. The molecular formula is C20H24N4S2. The summed E-state index contributed by atoms with van der Waals surface area (Å²) in [6.45, 7) is 9.57. The first-order valence-corrected chi connectivity index (χ1v) is 11.0. The molecule has 2 aromatic heterocycles. The highest BCUT2D eigenvalue weighted by molar-refractivity contribution is 7.98. The fourth-order valence-corrected chi connectivity index (χ4v) is 4.93. The van der Waals surface area contributed by atoms with Gasteiger partial charge in [0.25, 0.3) is 0 Å². The Balaban J connectivity index is 1.55. The SMILES string of the molecule is CSc1nc(N2CCN(Cc3ccccc3)CC2)c2c(C)c(C)sc2n1. The van der Waals surface area contributed by atoms with Crippen LogP contribution in [0.1, 0.15) is 16.0 Å². The second-order valence-electron chi connectivity index (χ2n) is 6.75. The molecule has 3 heterocycles. The van der Waals surface area contributed by atoms with Crippen molar-refractivity contribution in [2.24, 2.45) is 0 Å². The maximum atomic E-state index is 4.89. The third kappa shape index (κ3) is 3.46. The van der Waals surface area contributed by atoms with E-state index in [0.717, 1.165) is 48.5 Å². The maximum absolute atomic E-state index is 4.89. The zero-order chi connectivity index (χ0) is 18.1. The summed E-state index contributed by atoms with van der Waals surface area (Å²) in [7, 11) is 0. The van der Waals surface area contributed by atoms with Gasteiger partial charge in [0.05, 0.1) is 5.39 Å². The van der Waals surface area contributed by atoms with Crippen LogP contribution in [0.25, 0.3) is 10.2 Å². The molecule has 1 aromatic carbocycles. The molecule has 136 valence electrons. The lowest BCUT2D eigenvalue weighted by Gasteiger charge is -2.35. The summed E-state index contributed by atoms with van der Waals surface area (Å²) in [4.78, 5) is 17.1. The zero-order valence-corrected chi connectivity index (χ0v) is 17.2. The molecule has 1 fully saturated rings. The van der Waals surface area contributed by atoms with Crippen molar-refractivity contribution in [2.45, 2.75) is 25.5 Å². The molecule has 0 radical (unpaired) electrons. The van der Waals surface area contributed by atoms with Crippen LogP contribution in [-0.4, -0.2) is 47.3 Å². The predicted molar refractivity (Wildman–Crippen MR) is 113 cm³/mol. The number of benzene rings is 1. The monoisotopic (exact) mass is 384 g/mol. The topological polar surface area (TPSA) is 32.3 Å². The molecule has 1 saturated heterocycles. The van der Waals surface area contributed by atoms with Gasteiger partial charge in [-0.3, -0.25) is 4.90 Å². The Hall–Kier alpha value is -1.63. The molecule has 6 heteroatoms. The third-order valence-corrected chi connectivity index (χ3v) is 6.74. The smallest absolute Gasteiger partial charge is 0.190 e. The van der Waals surface area contributed by atoms with Crippen LogP contribution in [0.2, 0.25) is 0 Å². The van der Waals surface area contributed by atoms with E-state index >= 15 is 0 Å². The average Bonchev–Trinajstić information content (AvgIpc) is 2.96. The maximum Gasteiger partial charge on any atom is 0.190 e. The largest absolute Gasteiger partial charge is 0.353 e. The summed E-state index contributed by atoms with van der Waals surface area (Å²) < 4.78 is 0. The molecule has 0 bridgehead atoms. The summed E-state index contributed by atoms with van der Waals surface area (Å²) in [5.74, 6) is 1.13. The molecule has 1 aliphatic heterocycles. The summed E-state index contributed by atoms with van der Waals surface area (Å²) in [6.07, 6.45) is 2.05. The second kappa shape index (κ2) is 7.55. The minimum Gasteiger partial charge on any atom is -0.353 e. The molecular weight excluding hydrogens is 360 g/mol. The van der Waals surface area contributed by atoms with Gasteiger partial charge in [0.15, 0.2) is 5.16 Å². The fourth-order valence-electron chi connectivity index (χ4n) is 3.49. The lowest BCUT2D eigenvalue weighted by atomic mass is 10.1. The summed E-state index contributed by atoms with van der Waals surface area (Å²) >= 11 is 3.41. The first kappa shape index (κ1) is 17.8. The molecule has 26 heavy (non-hydrogen) atoms. The van der Waals surface area contributed by atoms with Gasteiger partial charge in [0, 0.05) is 37.6 Å². The van der Waals surface area contributed by atoms with E-state index in [0.29, 0.717) is 0 Å². The van der Waals surface area contributed by atoms with Crippen LogP contribution in [-0.2, 0) is 6.54 Å².